The molecule has 0 amide bonds. The Morgan fingerprint density at radius 1 is 1.36 bits per heavy atom. The van der Waals surface area contributed by atoms with Crippen molar-refractivity contribution in [1.29, 1.82) is 0 Å². The number of hydrogen-bond donors (Lipinski definition) is 0. The summed E-state index contributed by atoms with van der Waals surface area (Å²) >= 11 is 0. The van der Waals surface area contributed by atoms with Crippen LogP contribution in [0.15, 0.2) is 35.2 Å². The highest BCUT2D eigenvalue weighted by Crippen LogP contribution is 2.59. The first-order chi connectivity index (χ1) is 10.6. The highest BCUT2D eigenvalue weighted by molar-refractivity contribution is 7.86. The van der Waals surface area contributed by atoms with Crippen LogP contribution in [-0.2, 0) is 20.3 Å². The molecule has 1 aromatic carbocycles. The van der Waals surface area contributed by atoms with Gasteiger partial charge in [-0.25, -0.2) is 4.21 Å². The van der Waals surface area contributed by atoms with E-state index in [2.05, 4.69) is 0 Å². The van der Waals surface area contributed by atoms with Crippen molar-refractivity contribution in [3.05, 3.63) is 30.4 Å². The first-order valence-electron chi connectivity index (χ1n) is 7.17. The largest absolute Gasteiger partial charge is 0.497 e. The molecule has 4 rings (SSSR count). The smallest absolute Gasteiger partial charge is 0.314 e. The fourth-order valence-electron chi connectivity index (χ4n) is 3.89. The van der Waals surface area contributed by atoms with E-state index in [9.17, 15) is 9.00 Å². The molecule has 116 valence electrons. The minimum Gasteiger partial charge on any atom is -0.497 e. The topological polar surface area (TPSA) is 61.8 Å². The molecule has 1 fully saturated rings. The molecule has 6 heteroatoms. The molecule has 0 radical (unpaired) electrons. The Balaban J connectivity index is 1.83. The van der Waals surface area contributed by atoms with Crippen LogP contribution in [0.1, 0.15) is 6.42 Å². The van der Waals surface area contributed by atoms with Gasteiger partial charge in [0.05, 0.1) is 19.1 Å². The number of benzene rings is 1. The maximum absolute atomic E-state index is 13.1. The van der Waals surface area contributed by atoms with Gasteiger partial charge in [-0.1, -0.05) is 12.2 Å². The van der Waals surface area contributed by atoms with Gasteiger partial charge in [0, 0.05) is 12.0 Å². The lowest BCUT2D eigenvalue weighted by molar-refractivity contribution is -0.150. The molecule has 1 saturated carbocycles. The summed E-state index contributed by atoms with van der Waals surface area (Å²) in [6, 6.07) is 5.24. The normalized spacial score (nSPS) is 37.2. The summed E-state index contributed by atoms with van der Waals surface area (Å²) in [5.41, 5.74) is 0. The lowest BCUT2D eigenvalue weighted by atomic mass is 9.90. The zero-order valence-corrected chi connectivity index (χ0v) is 13.1. The van der Waals surface area contributed by atoms with E-state index in [-0.39, 0.29) is 17.8 Å². The number of ether oxygens (including phenoxy) is 3. The van der Waals surface area contributed by atoms with Crippen molar-refractivity contribution in [3.63, 3.8) is 0 Å². The van der Waals surface area contributed by atoms with Crippen molar-refractivity contribution in [2.45, 2.75) is 16.2 Å². The number of esters is 1. The second-order valence-electron chi connectivity index (χ2n) is 5.80. The van der Waals surface area contributed by atoms with Crippen LogP contribution in [0.25, 0.3) is 0 Å². The van der Waals surface area contributed by atoms with Crippen LogP contribution in [0.2, 0.25) is 0 Å². The van der Waals surface area contributed by atoms with Crippen LogP contribution < -0.4 is 9.47 Å². The standard InChI is InChI=1S/C16H16O5S/c1-19-11-5-6-13-12(8-11)21-16(22(13)18)10-4-3-9(7-10)14(16)15(17)20-2/h3-6,8-10,14H,7H2,1-2H3/t9-,10+,14+,16+,22+/m1/s1. The van der Waals surface area contributed by atoms with Crippen LogP contribution in [0.3, 0.4) is 0 Å². The van der Waals surface area contributed by atoms with Gasteiger partial charge in [-0.3, -0.25) is 4.79 Å². The fourth-order valence-corrected chi connectivity index (χ4v) is 5.83. The van der Waals surface area contributed by atoms with Crippen LogP contribution in [-0.4, -0.2) is 29.3 Å². The van der Waals surface area contributed by atoms with E-state index in [4.69, 9.17) is 14.2 Å². The average Bonchev–Trinajstić information content (AvgIpc) is 3.20. The molecule has 3 aliphatic rings. The zero-order chi connectivity index (χ0) is 15.5. The van der Waals surface area contributed by atoms with Gasteiger partial charge in [-0.15, -0.1) is 0 Å². The second kappa shape index (κ2) is 4.59. The summed E-state index contributed by atoms with van der Waals surface area (Å²) in [6.07, 6.45) is 4.81. The third-order valence-electron chi connectivity index (χ3n) is 4.86. The molecule has 1 heterocycles. The van der Waals surface area contributed by atoms with Gasteiger partial charge in [0.1, 0.15) is 28.2 Å². The Kier molecular flexibility index (Phi) is 2.88. The average molecular weight is 320 g/mol. The van der Waals surface area contributed by atoms with Gasteiger partial charge in [0.2, 0.25) is 4.93 Å². The van der Waals surface area contributed by atoms with Crippen molar-refractivity contribution in [2.24, 2.45) is 17.8 Å². The minimum atomic E-state index is -1.42. The van der Waals surface area contributed by atoms with Crippen molar-refractivity contribution >= 4 is 16.8 Å². The van der Waals surface area contributed by atoms with Crippen LogP contribution in [0.4, 0.5) is 0 Å². The van der Waals surface area contributed by atoms with Gasteiger partial charge in [0.15, 0.2) is 0 Å². The van der Waals surface area contributed by atoms with Crippen molar-refractivity contribution < 1.29 is 23.2 Å². The van der Waals surface area contributed by atoms with E-state index in [1.807, 2.05) is 12.2 Å². The number of allylic oxidation sites excluding steroid dienone is 1. The third kappa shape index (κ3) is 1.53. The monoisotopic (exact) mass is 320 g/mol. The molecule has 0 N–H and O–H groups in total. The molecule has 0 aromatic heterocycles. The van der Waals surface area contributed by atoms with Crippen molar-refractivity contribution in [2.75, 3.05) is 14.2 Å². The first kappa shape index (κ1) is 13.8. The predicted molar refractivity (Wildman–Crippen MR) is 79.0 cm³/mol. The summed E-state index contributed by atoms with van der Waals surface area (Å²) in [7, 11) is 1.51. The second-order valence-corrected chi connectivity index (χ2v) is 7.41. The van der Waals surface area contributed by atoms with Crippen molar-refractivity contribution in [1.82, 2.24) is 0 Å². The molecule has 1 aliphatic heterocycles. The van der Waals surface area contributed by atoms with E-state index in [0.717, 1.165) is 6.42 Å². The van der Waals surface area contributed by atoms with Gasteiger partial charge in [-0.2, -0.15) is 0 Å². The molecule has 0 saturated heterocycles. The maximum atomic E-state index is 13.1. The number of carbonyl (C=O) groups excluding carboxylic acids is 1. The van der Waals surface area contributed by atoms with Crippen LogP contribution >= 0.6 is 0 Å². The summed E-state index contributed by atoms with van der Waals surface area (Å²) in [5, 5.41) is 0. The zero-order valence-electron chi connectivity index (χ0n) is 12.3. The Bertz CT molecular complexity index is 712. The Morgan fingerprint density at radius 2 is 2.18 bits per heavy atom. The fraction of sp³-hybridized carbons (Fsp3) is 0.438. The van der Waals surface area contributed by atoms with E-state index in [0.29, 0.717) is 16.4 Å². The summed E-state index contributed by atoms with van der Waals surface area (Å²) in [5.74, 6) is 0.267. The first-order valence-corrected chi connectivity index (χ1v) is 8.32. The molecule has 2 bridgehead atoms. The molecule has 2 aliphatic carbocycles. The van der Waals surface area contributed by atoms with Crippen LogP contribution in [0.5, 0.6) is 11.5 Å². The lowest BCUT2D eigenvalue weighted by Crippen LogP contribution is -2.51. The van der Waals surface area contributed by atoms with E-state index in [1.165, 1.54) is 7.11 Å². The summed E-state index contributed by atoms with van der Waals surface area (Å²) in [4.78, 5) is 11.9. The Hall–Kier alpha value is -1.82. The molecule has 22 heavy (non-hydrogen) atoms. The lowest BCUT2D eigenvalue weighted by Gasteiger charge is -2.34. The third-order valence-corrected chi connectivity index (χ3v) is 6.82. The highest BCUT2D eigenvalue weighted by Gasteiger charge is 2.68. The summed E-state index contributed by atoms with van der Waals surface area (Å²) in [6.45, 7) is 0. The molecule has 5 nitrogen and oxygen atoms in total. The molecule has 0 unspecified atom stereocenters. The quantitative estimate of drug-likeness (QED) is 0.615. The van der Waals surface area contributed by atoms with Crippen LogP contribution in [0, 0.1) is 17.8 Å². The van der Waals surface area contributed by atoms with E-state index in [1.54, 1.807) is 25.3 Å². The van der Waals surface area contributed by atoms with E-state index < -0.39 is 21.7 Å². The highest BCUT2D eigenvalue weighted by atomic mass is 32.2. The number of hydrogen-bond acceptors (Lipinski definition) is 5. The number of rotatable bonds is 2. The minimum absolute atomic E-state index is 0.0256. The molecule has 1 spiro atoms. The predicted octanol–water partition coefficient (Wildman–Crippen LogP) is 1.89. The van der Waals surface area contributed by atoms with E-state index >= 15 is 0 Å². The Morgan fingerprint density at radius 3 is 2.91 bits per heavy atom. The molecule has 1 aromatic rings. The van der Waals surface area contributed by atoms with Gasteiger partial charge in [0.25, 0.3) is 0 Å². The number of methoxy groups -OCH3 is 2. The maximum Gasteiger partial charge on any atom is 0.314 e. The molecular formula is C16H16O5S. The Labute approximate surface area is 130 Å². The van der Waals surface area contributed by atoms with Gasteiger partial charge >= 0.3 is 5.97 Å². The molecule has 5 atom stereocenters. The summed E-state index contributed by atoms with van der Waals surface area (Å²) < 4.78 is 29.4. The number of fused-ring (bicyclic) bond motifs is 4. The van der Waals surface area contributed by atoms with Gasteiger partial charge in [-0.05, 0) is 24.5 Å². The molecular weight excluding hydrogens is 304 g/mol. The number of carbonyl (C=O) groups is 1. The SMILES string of the molecule is COC(=O)[C@@H]1[C@@H]2C=C[C@@H](C2)[C@@]12Oc1cc(OC)ccc1[S@@]2=O. The van der Waals surface area contributed by atoms with Gasteiger partial charge < -0.3 is 14.2 Å². The van der Waals surface area contributed by atoms with Crippen molar-refractivity contribution in [3.8, 4) is 11.5 Å².